The minimum Gasteiger partial charge on any atom is -0.441 e. The SMILES string of the molecule is O=C(NCc1ccc(C(=O)Nc2ccccc2S)cc1)O[C@@H](CCC1CC1)c1ccc(C(F)(F)F)cc1. The van der Waals surface area contributed by atoms with Crippen molar-refractivity contribution in [1.82, 2.24) is 5.32 Å². The zero-order chi connectivity index (χ0) is 26.4. The van der Waals surface area contributed by atoms with Crippen molar-refractivity contribution in [3.8, 4) is 0 Å². The number of nitrogens with one attached hydrogen (secondary N) is 2. The molecule has 0 saturated heterocycles. The molecule has 1 atom stereocenters. The van der Waals surface area contributed by atoms with Gasteiger partial charge in [0, 0.05) is 17.0 Å². The summed E-state index contributed by atoms with van der Waals surface area (Å²) in [6.45, 7) is 0.169. The Morgan fingerprint density at radius 3 is 2.27 bits per heavy atom. The molecule has 9 heteroatoms. The molecule has 0 aromatic heterocycles. The van der Waals surface area contributed by atoms with Crippen LogP contribution in [0.25, 0.3) is 0 Å². The summed E-state index contributed by atoms with van der Waals surface area (Å²) >= 11 is 4.32. The highest BCUT2D eigenvalue weighted by molar-refractivity contribution is 7.80. The average molecular weight is 529 g/mol. The predicted octanol–water partition coefficient (Wildman–Crippen LogP) is 7.40. The van der Waals surface area contributed by atoms with E-state index in [2.05, 4.69) is 23.3 Å². The zero-order valence-corrected chi connectivity index (χ0v) is 20.8. The van der Waals surface area contributed by atoms with Gasteiger partial charge < -0.3 is 15.4 Å². The molecule has 0 spiro atoms. The van der Waals surface area contributed by atoms with E-state index in [4.69, 9.17) is 4.74 Å². The first-order valence-electron chi connectivity index (χ1n) is 12.0. The molecule has 0 radical (unpaired) electrons. The number of alkyl halides is 3. The van der Waals surface area contributed by atoms with Crippen LogP contribution in [0.3, 0.4) is 0 Å². The second-order valence-electron chi connectivity index (χ2n) is 9.06. The first-order chi connectivity index (χ1) is 17.7. The second-order valence-corrected chi connectivity index (χ2v) is 9.54. The van der Waals surface area contributed by atoms with Gasteiger partial charge in [0.2, 0.25) is 0 Å². The van der Waals surface area contributed by atoms with Gasteiger partial charge in [-0.3, -0.25) is 4.79 Å². The van der Waals surface area contributed by atoms with E-state index in [9.17, 15) is 22.8 Å². The molecule has 3 aromatic carbocycles. The van der Waals surface area contributed by atoms with Gasteiger partial charge in [-0.15, -0.1) is 12.6 Å². The summed E-state index contributed by atoms with van der Waals surface area (Å²) in [5.41, 5.74) is 1.60. The maximum absolute atomic E-state index is 12.9. The molecule has 2 amide bonds. The number of amides is 2. The first-order valence-corrected chi connectivity index (χ1v) is 12.4. The van der Waals surface area contributed by atoms with E-state index in [0.717, 1.165) is 37.0 Å². The third-order valence-electron chi connectivity index (χ3n) is 6.20. The standard InChI is InChI=1S/C28H27F3N2O3S/c29-28(30,31)22-14-12-20(13-15-22)24(16-9-18-5-6-18)36-27(35)32-17-19-7-10-21(11-8-19)26(34)33-23-3-1-2-4-25(23)37/h1-4,7-8,10-15,18,24,37H,5-6,9,16-17H2,(H,32,35)(H,33,34)/t24-/m0/s1. The summed E-state index contributed by atoms with van der Waals surface area (Å²) in [5, 5.41) is 5.48. The van der Waals surface area contributed by atoms with Gasteiger partial charge in [-0.25, -0.2) is 4.79 Å². The van der Waals surface area contributed by atoms with Crippen LogP contribution >= 0.6 is 12.6 Å². The molecular weight excluding hydrogens is 501 g/mol. The molecule has 0 unspecified atom stereocenters. The second kappa shape index (κ2) is 11.7. The molecular formula is C28H27F3N2O3S. The molecule has 1 aliphatic carbocycles. The van der Waals surface area contributed by atoms with E-state index in [0.29, 0.717) is 34.0 Å². The molecule has 3 aromatic rings. The molecule has 4 rings (SSSR count). The van der Waals surface area contributed by atoms with Gasteiger partial charge in [-0.05, 0) is 66.3 Å². The number of hydrogen-bond acceptors (Lipinski definition) is 4. The van der Waals surface area contributed by atoms with Crippen LogP contribution in [0.2, 0.25) is 0 Å². The Morgan fingerprint density at radius 2 is 1.65 bits per heavy atom. The Balaban J connectivity index is 1.32. The van der Waals surface area contributed by atoms with E-state index >= 15 is 0 Å². The predicted molar refractivity (Wildman–Crippen MR) is 138 cm³/mol. The lowest BCUT2D eigenvalue weighted by atomic mass is 10.0. The van der Waals surface area contributed by atoms with Crippen molar-refractivity contribution in [2.45, 2.75) is 49.4 Å². The van der Waals surface area contributed by atoms with Gasteiger partial charge in [0.15, 0.2) is 0 Å². The topological polar surface area (TPSA) is 67.4 Å². The van der Waals surface area contributed by atoms with Crippen molar-refractivity contribution in [3.63, 3.8) is 0 Å². The smallest absolute Gasteiger partial charge is 0.416 e. The van der Waals surface area contributed by atoms with Crippen LogP contribution in [0.1, 0.15) is 58.8 Å². The lowest BCUT2D eigenvalue weighted by molar-refractivity contribution is -0.137. The van der Waals surface area contributed by atoms with Gasteiger partial charge in [0.1, 0.15) is 6.10 Å². The third-order valence-corrected chi connectivity index (χ3v) is 6.59. The Labute approximate surface area is 218 Å². The van der Waals surface area contributed by atoms with Crippen LogP contribution in [0.4, 0.5) is 23.7 Å². The molecule has 1 aliphatic rings. The van der Waals surface area contributed by atoms with Crippen molar-refractivity contribution in [3.05, 3.63) is 95.1 Å². The Bertz CT molecular complexity index is 1230. The minimum absolute atomic E-state index is 0.169. The quantitative estimate of drug-likeness (QED) is 0.254. The molecule has 0 bridgehead atoms. The number of alkyl carbamates (subject to hydrolysis) is 1. The van der Waals surface area contributed by atoms with E-state index in [-0.39, 0.29) is 12.5 Å². The Kier molecular flexibility index (Phi) is 8.43. The molecule has 0 aliphatic heterocycles. The van der Waals surface area contributed by atoms with Crippen molar-refractivity contribution >= 4 is 30.3 Å². The molecule has 5 nitrogen and oxygen atoms in total. The van der Waals surface area contributed by atoms with Crippen LogP contribution in [-0.4, -0.2) is 12.0 Å². The van der Waals surface area contributed by atoms with Gasteiger partial charge >= 0.3 is 12.3 Å². The van der Waals surface area contributed by atoms with Crippen LogP contribution in [0.15, 0.2) is 77.7 Å². The van der Waals surface area contributed by atoms with Crippen molar-refractivity contribution < 1.29 is 27.5 Å². The number of hydrogen-bond donors (Lipinski definition) is 3. The molecule has 0 heterocycles. The number of ether oxygens (including phenoxy) is 1. The van der Waals surface area contributed by atoms with Crippen molar-refractivity contribution in [2.24, 2.45) is 5.92 Å². The zero-order valence-electron chi connectivity index (χ0n) is 19.9. The minimum atomic E-state index is -4.42. The fourth-order valence-electron chi connectivity index (χ4n) is 3.87. The van der Waals surface area contributed by atoms with Crippen LogP contribution < -0.4 is 10.6 Å². The number of carbonyl (C=O) groups is 2. The summed E-state index contributed by atoms with van der Waals surface area (Å²) in [6.07, 6.45) is -2.07. The Hall–Kier alpha value is -3.46. The van der Waals surface area contributed by atoms with E-state index in [1.807, 2.05) is 6.07 Å². The Morgan fingerprint density at radius 1 is 0.973 bits per heavy atom. The number of rotatable bonds is 9. The molecule has 1 fully saturated rings. The van der Waals surface area contributed by atoms with E-state index in [1.54, 1.807) is 42.5 Å². The summed E-state index contributed by atoms with van der Waals surface area (Å²) in [6, 6.07) is 18.7. The molecule has 2 N–H and O–H groups in total. The van der Waals surface area contributed by atoms with E-state index < -0.39 is 23.9 Å². The maximum Gasteiger partial charge on any atom is 0.416 e. The lowest BCUT2D eigenvalue weighted by Gasteiger charge is -2.19. The van der Waals surface area contributed by atoms with E-state index in [1.165, 1.54) is 12.1 Å². The lowest BCUT2D eigenvalue weighted by Crippen LogP contribution is -2.26. The molecule has 37 heavy (non-hydrogen) atoms. The third kappa shape index (κ3) is 7.76. The number of anilines is 1. The fourth-order valence-corrected chi connectivity index (χ4v) is 4.08. The summed E-state index contributed by atoms with van der Waals surface area (Å²) < 4.78 is 44.4. The first kappa shape index (κ1) is 26.6. The number of halogens is 3. The number of carbonyl (C=O) groups excluding carboxylic acids is 2. The van der Waals surface area contributed by atoms with Crippen LogP contribution in [-0.2, 0) is 17.5 Å². The normalized spacial score (nSPS) is 14.1. The number of benzene rings is 3. The van der Waals surface area contributed by atoms with Crippen molar-refractivity contribution in [1.29, 1.82) is 0 Å². The van der Waals surface area contributed by atoms with Gasteiger partial charge in [0.05, 0.1) is 11.3 Å². The number of thiol groups is 1. The average Bonchev–Trinajstić information content (AvgIpc) is 3.71. The summed E-state index contributed by atoms with van der Waals surface area (Å²) in [5.74, 6) is 0.302. The molecule has 1 saturated carbocycles. The summed E-state index contributed by atoms with van der Waals surface area (Å²) in [7, 11) is 0. The van der Waals surface area contributed by atoms with Crippen LogP contribution in [0, 0.1) is 5.92 Å². The van der Waals surface area contributed by atoms with Crippen LogP contribution in [0.5, 0.6) is 0 Å². The maximum atomic E-state index is 12.9. The molecule has 194 valence electrons. The highest BCUT2D eigenvalue weighted by Gasteiger charge is 2.31. The van der Waals surface area contributed by atoms with Gasteiger partial charge in [-0.1, -0.05) is 49.2 Å². The fraction of sp³-hybridized carbons (Fsp3) is 0.286. The van der Waals surface area contributed by atoms with Crippen molar-refractivity contribution in [2.75, 3.05) is 5.32 Å². The van der Waals surface area contributed by atoms with Gasteiger partial charge in [-0.2, -0.15) is 13.2 Å². The highest BCUT2D eigenvalue weighted by atomic mass is 32.1. The van der Waals surface area contributed by atoms with Gasteiger partial charge in [0.25, 0.3) is 5.91 Å². The highest BCUT2D eigenvalue weighted by Crippen LogP contribution is 2.37. The summed E-state index contributed by atoms with van der Waals surface area (Å²) in [4.78, 5) is 25.7. The largest absolute Gasteiger partial charge is 0.441 e. The number of para-hydroxylation sites is 1. The monoisotopic (exact) mass is 528 g/mol.